The predicted octanol–water partition coefficient (Wildman–Crippen LogP) is 2.84. The van der Waals surface area contributed by atoms with Crippen molar-refractivity contribution in [3.8, 4) is 0 Å². The van der Waals surface area contributed by atoms with Crippen LogP contribution in [0.25, 0.3) is 10.2 Å². The van der Waals surface area contributed by atoms with E-state index < -0.39 is 10.0 Å². The number of carbonyl (C=O) groups excluding carboxylic acids is 1. The Kier molecular flexibility index (Phi) is 6.40. The van der Waals surface area contributed by atoms with E-state index in [0.29, 0.717) is 12.1 Å². The molecule has 0 aliphatic heterocycles. The molecule has 1 heterocycles. The molecule has 3 rings (SSSR count). The maximum atomic E-state index is 12.2. The number of aryl methyl sites for hydroxylation is 1. The molecule has 1 N–H and O–H groups in total. The highest BCUT2D eigenvalue weighted by molar-refractivity contribution is 7.89. The highest BCUT2D eigenvalue weighted by Gasteiger charge is 2.20. The summed E-state index contributed by atoms with van der Waals surface area (Å²) in [6.07, 6.45) is 1.57. The van der Waals surface area contributed by atoms with E-state index in [9.17, 15) is 13.2 Å². The summed E-state index contributed by atoms with van der Waals surface area (Å²) >= 11 is 1.67. The molecule has 1 aromatic heterocycles. The molecule has 0 aliphatic rings. The van der Waals surface area contributed by atoms with Gasteiger partial charge in [0, 0.05) is 25.6 Å². The summed E-state index contributed by atoms with van der Waals surface area (Å²) in [4.78, 5) is 21.6. The van der Waals surface area contributed by atoms with Crippen molar-refractivity contribution < 1.29 is 18.0 Å². The molecule has 28 heavy (non-hydrogen) atoms. The molecule has 0 bridgehead atoms. The first-order valence-electron chi connectivity index (χ1n) is 8.67. The minimum Gasteiger partial charge on any atom is -0.352 e. The molecule has 3 aromatic rings. The lowest BCUT2D eigenvalue weighted by Crippen LogP contribution is -2.26. The lowest BCUT2D eigenvalue weighted by molar-refractivity contribution is -0.0258. The van der Waals surface area contributed by atoms with Crippen LogP contribution in [0.15, 0.2) is 53.4 Å². The number of fused-ring (bicyclic) bond motifs is 1. The summed E-state index contributed by atoms with van der Waals surface area (Å²) in [7, 11) is -1.14. The summed E-state index contributed by atoms with van der Waals surface area (Å²) in [5, 5.41) is 3.90. The third-order valence-corrected chi connectivity index (χ3v) is 6.99. The fraction of sp³-hybridized carbons (Fsp3) is 0.263. The fourth-order valence-electron chi connectivity index (χ4n) is 2.60. The quantitative estimate of drug-likeness (QED) is 0.448. The van der Waals surface area contributed by atoms with Crippen molar-refractivity contribution in [1.82, 2.24) is 14.8 Å². The van der Waals surface area contributed by atoms with Gasteiger partial charge in [-0.15, -0.1) is 11.3 Å². The smallest absolute Gasteiger partial charge is 0.264 e. The number of hydroxylamine groups is 1. The zero-order chi connectivity index (χ0) is 20.1. The van der Waals surface area contributed by atoms with Crippen LogP contribution in [-0.4, -0.2) is 44.5 Å². The summed E-state index contributed by atoms with van der Waals surface area (Å²) < 4.78 is 26.2. The van der Waals surface area contributed by atoms with Crippen LogP contribution in [-0.2, 0) is 21.3 Å². The standard InChI is InChI=1S/C19H21N3O4S2/c1-22(26-2)28(24,25)15-11-9-14(10-12-15)19(23)20-13-5-8-18-21-16-6-3-4-7-17(16)27-18/h3-4,6-7,9-12H,5,8,13H2,1-2H3,(H,20,23). The van der Waals surface area contributed by atoms with Crippen LogP contribution in [0.5, 0.6) is 0 Å². The average molecular weight is 420 g/mol. The SMILES string of the molecule is CON(C)S(=O)(=O)c1ccc(C(=O)NCCCc2nc3ccccc3s2)cc1. The van der Waals surface area contributed by atoms with E-state index in [-0.39, 0.29) is 10.8 Å². The second-order valence-corrected chi connectivity index (χ2v) is 9.11. The van der Waals surface area contributed by atoms with Crippen LogP contribution >= 0.6 is 11.3 Å². The van der Waals surface area contributed by atoms with Crippen molar-refractivity contribution in [3.05, 3.63) is 59.1 Å². The second-order valence-electron chi connectivity index (χ2n) is 6.06. The van der Waals surface area contributed by atoms with Crippen molar-refractivity contribution in [2.75, 3.05) is 20.7 Å². The van der Waals surface area contributed by atoms with Crippen LogP contribution in [0.2, 0.25) is 0 Å². The Labute approximate surface area is 168 Å². The van der Waals surface area contributed by atoms with Crippen molar-refractivity contribution in [1.29, 1.82) is 0 Å². The van der Waals surface area contributed by atoms with Crippen LogP contribution < -0.4 is 5.32 Å². The summed E-state index contributed by atoms with van der Waals surface area (Å²) in [6, 6.07) is 13.8. The molecule has 0 spiro atoms. The van der Waals surface area contributed by atoms with E-state index in [1.165, 1.54) is 38.4 Å². The topological polar surface area (TPSA) is 88.6 Å². The van der Waals surface area contributed by atoms with E-state index in [1.54, 1.807) is 11.3 Å². The number of carbonyl (C=O) groups is 1. The lowest BCUT2D eigenvalue weighted by Gasteiger charge is -2.14. The Morgan fingerprint density at radius 3 is 2.57 bits per heavy atom. The minimum absolute atomic E-state index is 0.0595. The molecule has 0 unspecified atom stereocenters. The molecule has 148 valence electrons. The molecular formula is C19H21N3O4S2. The number of benzene rings is 2. The Bertz CT molecular complexity index is 1030. The number of nitrogens with one attached hydrogen (secondary N) is 1. The van der Waals surface area contributed by atoms with Gasteiger partial charge in [0.1, 0.15) is 0 Å². The van der Waals surface area contributed by atoms with Gasteiger partial charge in [0.25, 0.3) is 15.9 Å². The van der Waals surface area contributed by atoms with Gasteiger partial charge in [-0.25, -0.2) is 13.4 Å². The van der Waals surface area contributed by atoms with Crippen LogP contribution in [0.4, 0.5) is 0 Å². The maximum absolute atomic E-state index is 12.2. The van der Waals surface area contributed by atoms with Gasteiger partial charge in [0.05, 0.1) is 27.2 Å². The van der Waals surface area contributed by atoms with E-state index in [0.717, 1.165) is 32.5 Å². The number of hydrogen-bond acceptors (Lipinski definition) is 6. The zero-order valence-electron chi connectivity index (χ0n) is 15.6. The Balaban J connectivity index is 1.52. The predicted molar refractivity (Wildman–Crippen MR) is 109 cm³/mol. The third kappa shape index (κ3) is 4.56. The molecule has 0 fully saturated rings. The van der Waals surface area contributed by atoms with E-state index in [2.05, 4.69) is 10.3 Å². The van der Waals surface area contributed by atoms with Crippen molar-refractivity contribution in [2.24, 2.45) is 0 Å². The monoisotopic (exact) mass is 419 g/mol. The van der Waals surface area contributed by atoms with Gasteiger partial charge in [0.2, 0.25) is 0 Å². The number of thiazole rings is 1. The van der Waals surface area contributed by atoms with Crippen LogP contribution in [0.3, 0.4) is 0 Å². The van der Waals surface area contributed by atoms with E-state index in [1.807, 2.05) is 24.3 Å². The number of nitrogens with zero attached hydrogens (tertiary/aromatic N) is 2. The Hall–Kier alpha value is -2.33. The lowest BCUT2D eigenvalue weighted by atomic mass is 10.2. The fourth-order valence-corrected chi connectivity index (χ4v) is 4.58. The Morgan fingerprint density at radius 1 is 1.18 bits per heavy atom. The van der Waals surface area contributed by atoms with Crippen molar-refractivity contribution in [3.63, 3.8) is 0 Å². The molecule has 1 amide bonds. The number of para-hydroxylation sites is 1. The Morgan fingerprint density at radius 2 is 1.89 bits per heavy atom. The van der Waals surface area contributed by atoms with E-state index in [4.69, 9.17) is 4.84 Å². The second kappa shape index (κ2) is 8.78. The summed E-state index contributed by atoms with van der Waals surface area (Å²) in [5.74, 6) is -0.242. The van der Waals surface area contributed by atoms with Gasteiger partial charge in [-0.3, -0.25) is 9.63 Å². The number of aromatic nitrogens is 1. The van der Waals surface area contributed by atoms with Gasteiger partial charge in [0.15, 0.2) is 0 Å². The first-order chi connectivity index (χ1) is 13.4. The van der Waals surface area contributed by atoms with Gasteiger partial charge >= 0.3 is 0 Å². The number of rotatable bonds is 8. The molecule has 0 radical (unpaired) electrons. The van der Waals surface area contributed by atoms with Crippen molar-refractivity contribution >= 4 is 37.5 Å². The minimum atomic E-state index is -3.72. The van der Waals surface area contributed by atoms with E-state index >= 15 is 0 Å². The summed E-state index contributed by atoms with van der Waals surface area (Å²) in [6.45, 7) is 0.515. The average Bonchev–Trinajstić information content (AvgIpc) is 3.13. The molecule has 0 atom stereocenters. The van der Waals surface area contributed by atoms with Gasteiger partial charge in [-0.1, -0.05) is 16.6 Å². The molecule has 9 heteroatoms. The number of sulfonamides is 1. The molecule has 7 nitrogen and oxygen atoms in total. The maximum Gasteiger partial charge on any atom is 0.264 e. The normalized spacial score (nSPS) is 11.8. The highest BCUT2D eigenvalue weighted by atomic mass is 32.2. The highest BCUT2D eigenvalue weighted by Crippen LogP contribution is 2.22. The largest absolute Gasteiger partial charge is 0.352 e. The van der Waals surface area contributed by atoms with Crippen LogP contribution in [0, 0.1) is 0 Å². The first-order valence-corrected chi connectivity index (χ1v) is 10.9. The van der Waals surface area contributed by atoms with Crippen molar-refractivity contribution in [2.45, 2.75) is 17.7 Å². The number of amides is 1. The zero-order valence-corrected chi connectivity index (χ0v) is 17.2. The van der Waals surface area contributed by atoms with Gasteiger partial charge in [-0.05, 0) is 42.8 Å². The van der Waals surface area contributed by atoms with Gasteiger partial charge in [-0.2, -0.15) is 0 Å². The summed E-state index contributed by atoms with van der Waals surface area (Å²) in [5.41, 5.74) is 1.40. The molecule has 0 saturated carbocycles. The van der Waals surface area contributed by atoms with Gasteiger partial charge < -0.3 is 5.32 Å². The molecule has 0 saturated heterocycles. The molecule has 2 aromatic carbocycles. The molecule has 0 aliphatic carbocycles. The van der Waals surface area contributed by atoms with Crippen LogP contribution in [0.1, 0.15) is 21.8 Å². The number of hydrogen-bond donors (Lipinski definition) is 1. The third-order valence-electron chi connectivity index (χ3n) is 4.20. The molecular weight excluding hydrogens is 398 g/mol. The first kappa shape index (κ1) is 20.4.